The van der Waals surface area contributed by atoms with Crippen molar-refractivity contribution in [3.63, 3.8) is 0 Å². The molecule has 2 aliphatic heterocycles. The van der Waals surface area contributed by atoms with Gasteiger partial charge in [-0.05, 0) is 37.3 Å². The number of nitrogens with two attached hydrogens (primary N) is 1. The van der Waals surface area contributed by atoms with Crippen LogP contribution < -0.4 is 20.7 Å². The Balaban J connectivity index is 1.61. The second-order valence-corrected chi connectivity index (χ2v) is 8.19. The number of primary amides is 1. The van der Waals surface area contributed by atoms with Crippen molar-refractivity contribution in [1.82, 2.24) is 9.55 Å². The lowest BCUT2D eigenvalue weighted by atomic mass is 9.99. The summed E-state index contributed by atoms with van der Waals surface area (Å²) in [6.45, 7) is 2.10. The maximum atomic E-state index is 13.5. The normalized spacial score (nSPS) is 20.2. The Hall–Kier alpha value is -3.37. The van der Waals surface area contributed by atoms with E-state index in [-0.39, 0.29) is 12.4 Å². The van der Waals surface area contributed by atoms with Crippen LogP contribution >= 0.6 is 0 Å². The maximum Gasteiger partial charge on any atom is 0.416 e. The average Bonchev–Trinajstić information content (AvgIpc) is 3.45. The summed E-state index contributed by atoms with van der Waals surface area (Å²) in [6.07, 6.45) is 0.544. The molecule has 1 aliphatic carbocycles. The van der Waals surface area contributed by atoms with Gasteiger partial charge in [0.2, 0.25) is 5.91 Å². The summed E-state index contributed by atoms with van der Waals surface area (Å²) >= 11 is 0. The lowest BCUT2D eigenvalue weighted by Crippen LogP contribution is -2.38. The number of fused-ring (bicyclic) bond motifs is 5. The molecule has 0 saturated carbocycles. The van der Waals surface area contributed by atoms with E-state index in [9.17, 15) is 18.4 Å². The number of carbonyl (C=O) groups is 2. The minimum Gasteiger partial charge on any atom is -0.491 e. The van der Waals surface area contributed by atoms with E-state index in [0.29, 0.717) is 24.7 Å². The number of halogens is 2. The largest absolute Gasteiger partial charge is 0.491 e. The number of anilines is 2. The Kier molecular flexibility index (Phi) is 4.90. The predicted octanol–water partition coefficient (Wildman–Crippen LogP) is 2.31. The summed E-state index contributed by atoms with van der Waals surface area (Å²) in [5.41, 5.74) is 9.10. The van der Waals surface area contributed by atoms with Crippen LogP contribution in [0.1, 0.15) is 24.5 Å². The van der Waals surface area contributed by atoms with Gasteiger partial charge in [-0.1, -0.05) is 0 Å². The fourth-order valence-corrected chi connectivity index (χ4v) is 4.58. The first-order valence-electron chi connectivity index (χ1n) is 10.5. The number of ether oxygens (including phenoxy) is 2. The van der Waals surface area contributed by atoms with Crippen molar-refractivity contribution in [1.29, 1.82) is 0 Å². The summed E-state index contributed by atoms with van der Waals surface area (Å²) in [4.78, 5) is 29.2. The summed E-state index contributed by atoms with van der Waals surface area (Å²) in [6, 6.07) is -0.0795. The first kappa shape index (κ1) is 20.5. The molecule has 2 aromatic rings. The maximum absolute atomic E-state index is 13.5. The smallest absolute Gasteiger partial charge is 0.416 e. The van der Waals surface area contributed by atoms with E-state index >= 15 is 0 Å². The zero-order valence-corrected chi connectivity index (χ0v) is 17.4. The highest BCUT2D eigenvalue weighted by molar-refractivity contribution is 5.90. The Morgan fingerprint density at radius 1 is 1.31 bits per heavy atom. The molecule has 0 unspecified atom stereocenters. The van der Waals surface area contributed by atoms with E-state index in [0.717, 1.165) is 46.5 Å². The lowest BCUT2D eigenvalue weighted by molar-refractivity contribution is -0.118. The van der Waals surface area contributed by atoms with Gasteiger partial charge in [-0.15, -0.1) is 0 Å². The van der Waals surface area contributed by atoms with Crippen molar-refractivity contribution in [3.05, 3.63) is 23.4 Å². The summed E-state index contributed by atoms with van der Waals surface area (Å²) in [7, 11) is 0. The van der Waals surface area contributed by atoms with E-state index in [4.69, 9.17) is 15.2 Å². The number of alkyl halides is 2. The predicted molar refractivity (Wildman–Crippen MR) is 111 cm³/mol. The average molecular weight is 447 g/mol. The van der Waals surface area contributed by atoms with Gasteiger partial charge >= 0.3 is 6.09 Å². The molecule has 3 heterocycles. The molecule has 1 fully saturated rings. The van der Waals surface area contributed by atoms with Gasteiger partial charge in [0.15, 0.2) is 5.82 Å². The van der Waals surface area contributed by atoms with Gasteiger partial charge in [0.25, 0.3) is 6.43 Å². The second-order valence-electron chi connectivity index (χ2n) is 8.19. The molecule has 3 N–H and O–H groups in total. The topological polar surface area (TPSA) is 112 Å². The third-order valence-electron chi connectivity index (χ3n) is 6.19. The summed E-state index contributed by atoms with van der Waals surface area (Å²) < 4.78 is 39.6. The molecule has 2 amide bonds. The van der Waals surface area contributed by atoms with E-state index in [1.54, 1.807) is 13.1 Å². The number of nitrogens with one attached hydrogen (secondary N) is 1. The van der Waals surface area contributed by atoms with Gasteiger partial charge in [-0.3, -0.25) is 4.79 Å². The number of cyclic esters (lactones) is 1. The van der Waals surface area contributed by atoms with Crippen LogP contribution in [0, 0.1) is 0 Å². The Morgan fingerprint density at radius 2 is 2.09 bits per heavy atom. The molecule has 9 nitrogen and oxygen atoms in total. The summed E-state index contributed by atoms with van der Waals surface area (Å²) in [5.74, 6) is 0.832. The monoisotopic (exact) mass is 447 g/mol. The highest BCUT2D eigenvalue weighted by atomic mass is 19.3. The van der Waals surface area contributed by atoms with Crippen molar-refractivity contribution >= 4 is 23.5 Å². The summed E-state index contributed by atoms with van der Waals surface area (Å²) in [5, 5.41) is 3.18. The highest BCUT2D eigenvalue weighted by Gasteiger charge is 2.42. The quantitative estimate of drug-likeness (QED) is 0.728. The molecular formula is C21H23F2N5O4. The van der Waals surface area contributed by atoms with Crippen LogP contribution in [0.5, 0.6) is 5.75 Å². The van der Waals surface area contributed by atoms with E-state index in [1.165, 1.54) is 0 Å². The lowest BCUT2D eigenvalue weighted by Gasteiger charge is -2.20. The third kappa shape index (κ3) is 3.23. The molecule has 1 saturated heterocycles. The van der Waals surface area contributed by atoms with Crippen LogP contribution in [0.15, 0.2) is 12.3 Å². The number of benzene rings is 1. The number of hydrogen-bond donors (Lipinski definition) is 2. The van der Waals surface area contributed by atoms with Crippen LogP contribution in [0.4, 0.5) is 25.1 Å². The molecule has 2 atom stereocenters. The Bertz CT molecular complexity index is 1100. The molecule has 1 aromatic heterocycles. The van der Waals surface area contributed by atoms with Crippen molar-refractivity contribution < 1.29 is 27.8 Å². The fourth-order valence-electron chi connectivity index (χ4n) is 4.58. The highest BCUT2D eigenvalue weighted by Crippen LogP contribution is 2.45. The second kappa shape index (κ2) is 7.64. The molecule has 0 spiro atoms. The van der Waals surface area contributed by atoms with Crippen LogP contribution in [0.2, 0.25) is 0 Å². The molecule has 0 bridgehead atoms. The molecule has 170 valence electrons. The third-order valence-corrected chi connectivity index (χ3v) is 6.19. The number of hydrogen-bond acceptors (Lipinski definition) is 6. The molecule has 3 aliphatic rings. The van der Waals surface area contributed by atoms with Gasteiger partial charge < -0.3 is 25.1 Å². The number of carbonyl (C=O) groups excluding carboxylic acids is 2. The van der Waals surface area contributed by atoms with Crippen LogP contribution in [-0.4, -0.2) is 53.3 Å². The van der Waals surface area contributed by atoms with Gasteiger partial charge in [0, 0.05) is 18.0 Å². The van der Waals surface area contributed by atoms with Crippen molar-refractivity contribution in [2.45, 2.75) is 51.2 Å². The van der Waals surface area contributed by atoms with Crippen molar-refractivity contribution in [2.24, 2.45) is 5.73 Å². The first-order chi connectivity index (χ1) is 15.3. The van der Waals surface area contributed by atoms with Gasteiger partial charge in [-0.2, -0.15) is 0 Å². The Labute approximate surface area is 182 Å². The van der Waals surface area contributed by atoms with Gasteiger partial charge in [-0.25, -0.2) is 23.5 Å². The van der Waals surface area contributed by atoms with E-state index < -0.39 is 30.5 Å². The molecular weight excluding hydrogens is 424 g/mol. The minimum atomic E-state index is -2.75. The van der Waals surface area contributed by atoms with Crippen molar-refractivity contribution in [3.8, 4) is 17.1 Å². The zero-order chi connectivity index (χ0) is 22.6. The number of rotatable bonds is 5. The first-order valence-corrected chi connectivity index (χ1v) is 10.5. The Morgan fingerprint density at radius 3 is 2.84 bits per heavy atom. The standard InChI is InChI=1S/C21H23F2N5O4/c1-10(19(24)29)25-13-7-15-17(12-4-2-3-11(12)13)20-26-16(8-27(20)5-6-31-15)28-14(18(22)23)9-32-21(28)30/h7-8,10,14,18,25H,2-6,9H2,1H3,(H2,24,29)/t10-,14-/m0/s1. The molecule has 1 aromatic carbocycles. The number of amides is 2. The molecule has 32 heavy (non-hydrogen) atoms. The molecule has 5 rings (SSSR count). The van der Waals surface area contributed by atoms with Crippen LogP contribution in [0.3, 0.4) is 0 Å². The molecule has 11 heteroatoms. The number of nitrogens with zero attached hydrogens (tertiary/aromatic N) is 3. The number of imidazole rings is 1. The minimum absolute atomic E-state index is 0.136. The number of aromatic nitrogens is 2. The SMILES string of the molecule is C[C@H](Nc1cc2c(c3c1CCC3)-c1nc(N3C(=O)OC[C@H]3C(F)F)cn1CCO2)C(N)=O. The zero-order valence-electron chi connectivity index (χ0n) is 17.4. The van der Waals surface area contributed by atoms with Gasteiger partial charge in [0.1, 0.15) is 36.9 Å². The van der Waals surface area contributed by atoms with Gasteiger partial charge in [0.05, 0.1) is 12.1 Å². The fraction of sp³-hybridized carbons (Fsp3) is 0.476. The van der Waals surface area contributed by atoms with Crippen LogP contribution in [0.25, 0.3) is 11.4 Å². The van der Waals surface area contributed by atoms with Crippen LogP contribution in [-0.2, 0) is 28.9 Å². The van der Waals surface area contributed by atoms with Crippen molar-refractivity contribution in [2.75, 3.05) is 23.4 Å². The molecule has 0 radical (unpaired) electrons. The van der Waals surface area contributed by atoms with E-state index in [1.807, 2.05) is 10.6 Å². The van der Waals surface area contributed by atoms with E-state index in [2.05, 4.69) is 10.3 Å².